The van der Waals surface area contributed by atoms with Crippen molar-refractivity contribution in [2.24, 2.45) is 0 Å². The van der Waals surface area contributed by atoms with Crippen LogP contribution in [0, 0.1) is 0 Å². The molecule has 3 aromatic rings. The largest absolute Gasteiger partial charge is 0.450 e. The van der Waals surface area contributed by atoms with E-state index in [0.717, 1.165) is 16.4 Å². The molecule has 0 saturated carbocycles. The maximum absolute atomic E-state index is 12.7. The Morgan fingerprint density at radius 3 is 2.36 bits per heavy atom. The van der Waals surface area contributed by atoms with Crippen molar-refractivity contribution in [2.45, 2.75) is 17.4 Å². The van der Waals surface area contributed by atoms with E-state index >= 15 is 0 Å². The third-order valence-electron chi connectivity index (χ3n) is 4.16. The van der Waals surface area contributed by atoms with Gasteiger partial charge in [0.15, 0.2) is 5.09 Å². The minimum absolute atomic E-state index is 0.0752. The molecule has 6 heteroatoms. The van der Waals surface area contributed by atoms with Crippen molar-refractivity contribution in [3.05, 3.63) is 94.6 Å². The minimum atomic E-state index is -0.0752. The van der Waals surface area contributed by atoms with Crippen molar-refractivity contribution in [3.63, 3.8) is 0 Å². The fourth-order valence-electron chi connectivity index (χ4n) is 2.75. The molecule has 0 spiro atoms. The first kappa shape index (κ1) is 19.1. The summed E-state index contributed by atoms with van der Waals surface area (Å²) in [6, 6.07) is 23.9. The Kier molecular flexibility index (Phi) is 6.00. The van der Waals surface area contributed by atoms with Gasteiger partial charge in [-0.2, -0.15) is 0 Å². The lowest BCUT2D eigenvalue weighted by molar-refractivity contribution is -0.122. The van der Waals surface area contributed by atoms with Gasteiger partial charge in [-0.25, -0.2) is 0 Å². The molecule has 0 bridgehead atoms. The molecule has 0 N–H and O–H groups in total. The number of furan rings is 1. The van der Waals surface area contributed by atoms with Gasteiger partial charge in [0.05, 0.1) is 11.4 Å². The van der Waals surface area contributed by atoms with Gasteiger partial charge in [-0.3, -0.25) is 9.69 Å². The second kappa shape index (κ2) is 8.82. The molecule has 2 heterocycles. The number of thioether (sulfide) groups is 2. The van der Waals surface area contributed by atoms with Gasteiger partial charge in [0.2, 0.25) is 0 Å². The Hall–Kier alpha value is -2.28. The molecule has 0 radical (unpaired) electrons. The number of carbonyl (C=O) groups excluding carboxylic acids is 1. The van der Waals surface area contributed by atoms with Gasteiger partial charge < -0.3 is 4.42 Å². The zero-order chi connectivity index (χ0) is 19.3. The zero-order valence-electron chi connectivity index (χ0n) is 14.9. The van der Waals surface area contributed by atoms with E-state index in [4.69, 9.17) is 16.6 Å². The predicted octanol–water partition coefficient (Wildman–Crippen LogP) is 5.97. The summed E-state index contributed by atoms with van der Waals surface area (Å²) in [6.45, 7) is 0.485. The third-order valence-corrected chi connectivity index (χ3v) is 6.52. The SMILES string of the molecule is O=C1C(=Cc2ccc(SCc3ccccc3)o2)SC(=S)N1Cc1ccccc1. The Morgan fingerprint density at radius 1 is 0.964 bits per heavy atom. The van der Waals surface area contributed by atoms with E-state index in [1.54, 1.807) is 22.7 Å². The first-order chi connectivity index (χ1) is 13.7. The molecule has 28 heavy (non-hydrogen) atoms. The average Bonchev–Trinajstić information content (AvgIpc) is 3.28. The normalized spacial score (nSPS) is 15.6. The smallest absolute Gasteiger partial charge is 0.266 e. The highest BCUT2D eigenvalue weighted by Gasteiger charge is 2.32. The number of hydrogen-bond acceptors (Lipinski definition) is 5. The number of rotatable bonds is 6. The summed E-state index contributed by atoms with van der Waals surface area (Å²) in [5, 5.41) is 0.829. The van der Waals surface area contributed by atoms with E-state index in [1.165, 1.54) is 17.3 Å². The molecule has 0 atom stereocenters. The quantitative estimate of drug-likeness (QED) is 0.277. The van der Waals surface area contributed by atoms with Gasteiger partial charge in [0.1, 0.15) is 10.1 Å². The summed E-state index contributed by atoms with van der Waals surface area (Å²) in [6.07, 6.45) is 1.77. The Balaban J connectivity index is 1.42. The molecule has 1 saturated heterocycles. The second-order valence-electron chi connectivity index (χ2n) is 6.18. The lowest BCUT2D eigenvalue weighted by Gasteiger charge is -2.14. The van der Waals surface area contributed by atoms with Crippen molar-refractivity contribution in [2.75, 3.05) is 0 Å². The summed E-state index contributed by atoms with van der Waals surface area (Å²) in [7, 11) is 0. The van der Waals surface area contributed by atoms with Gasteiger partial charge in [0.25, 0.3) is 5.91 Å². The van der Waals surface area contributed by atoms with Crippen molar-refractivity contribution >= 4 is 52.0 Å². The number of benzene rings is 2. The van der Waals surface area contributed by atoms with Crippen molar-refractivity contribution < 1.29 is 9.21 Å². The second-order valence-corrected chi connectivity index (χ2v) is 8.84. The van der Waals surface area contributed by atoms with Gasteiger partial charge in [-0.1, -0.05) is 96.4 Å². The van der Waals surface area contributed by atoms with E-state index in [-0.39, 0.29) is 5.91 Å². The number of amides is 1. The number of hydrogen-bond donors (Lipinski definition) is 0. The summed E-state index contributed by atoms with van der Waals surface area (Å²) in [5.41, 5.74) is 2.30. The summed E-state index contributed by atoms with van der Waals surface area (Å²) < 4.78 is 6.44. The van der Waals surface area contributed by atoms with E-state index in [1.807, 2.05) is 60.7 Å². The third kappa shape index (κ3) is 4.58. The number of thiocarbonyl (C=S) groups is 1. The van der Waals surface area contributed by atoms with Gasteiger partial charge in [-0.05, 0) is 23.3 Å². The van der Waals surface area contributed by atoms with Crippen molar-refractivity contribution in [1.29, 1.82) is 0 Å². The molecule has 140 valence electrons. The average molecular weight is 424 g/mol. The molecule has 1 aliphatic heterocycles. The van der Waals surface area contributed by atoms with Crippen LogP contribution in [0.25, 0.3) is 6.08 Å². The van der Waals surface area contributed by atoms with Crippen LogP contribution < -0.4 is 0 Å². The first-order valence-corrected chi connectivity index (χ1v) is 11.0. The van der Waals surface area contributed by atoms with Gasteiger partial charge >= 0.3 is 0 Å². The van der Waals surface area contributed by atoms with Crippen LogP contribution >= 0.6 is 35.7 Å². The van der Waals surface area contributed by atoms with Crippen LogP contribution in [0.2, 0.25) is 0 Å². The van der Waals surface area contributed by atoms with Crippen LogP contribution in [0.3, 0.4) is 0 Å². The van der Waals surface area contributed by atoms with E-state index in [2.05, 4.69) is 12.1 Å². The fraction of sp³-hybridized carbons (Fsp3) is 0.0909. The standard InChI is InChI=1S/C22H17NO2S3/c24-21-19(28-22(26)23(21)14-16-7-3-1-4-8-16)13-18-11-12-20(25-18)27-15-17-9-5-2-6-10-17/h1-13H,14-15H2. The Morgan fingerprint density at radius 2 is 1.64 bits per heavy atom. The summed E-state index contributed by atoms with van der Waals surface area (Å²) >= 11 is 8.35. The maximum Gasteiger partial charge on any atom is 0.266 e. The lowest BCUT2D eigenvalue weighted by Crippen LogP contribution is -2.27. The van der Waals surface area contributed by atoms with Crippen LogP contribution in [0.5, 0.6) is 0 Å². The fourth-order valence-corrected chi connectivity index (χ4v) is 4.81. The molecule has 1 amide bonds. The van der Waals surface area contributed by atoms with Crippen molar-refractivity contribution in [1.82, 2.24) is 4.90 Å². The van der Waals surface area contributed by atoms with Gasteiger partial charge in [0, 0.05) is 11.8 Å². The molecular formula is C22H17NO2S3. The highest BCUT2D eigenvalue weighted by atomic mass is 32.2. The molecule has 4 rings (SSSR count). The maximum atomic E-state index is 12.7. The minimum Gasteiger partial charge on any atom is -0.450 e. The molecule has 1 aliphatic rings. The van der Waals surface area contributed by atoms with E-state index in [0.29, 0.717) is 21.5 Å². The summed E-state index contributed by atoms with van der Waals surface area (Å²) in [4.78, 5) is 15.0. The number of carbonyl (C=O) groups is 1. The van der Waals surface area contributed by atoms with Crippen molar-refractivity contribution in [3.8, 4) is 0 Å². The molecule has 3 nitrogen and oxygen atoms in total. The predicted molar refractivity (Wildman–Crippen MR) is 120 cm³/mol. The molecule has 0 aliphatic carbocycles. The van der Waals surface area contributed by atoms with Crippen LogP contribution in [-0.4, -0.2) is 15.1 Å². The molecule has 2 aromatic carbocycles. The molecule has 1 fully saturated rings. The summed E-state index contributed by atoms with van der Waals surface area (Å²) in [5.74, 6) is 1.43. The first-order valence-electron chi connectivity index (χ1n) is 8.75. The van der Waals surface area contributed by atoms with Crippen LogP contribution in [-0.2, 0) is 17.1 Å². The van der Waals surface area contributed by atoms with E-state index in [9.17, 15) is 4.79 Å². The topological polar surface area (TPSA) is 33.5 Å². The van der Waals surface area contributed by atoms with E-state index < -0.39 is 0 Å². The molecular weight excluding hydrogens is 406 g/mol. The van der Waals surface area contributed by atoms with Crippen LogP contribution in [0.1, 0.15) is 16.9 Å². The van der Waals surface area contributed by atoms with Gasteiger partial charge in [-0.15, -0.1) is 0 Å². The monoisotopic (exact) mass is 423 g/mol. The lowest BCUT2D eigenvalue weighted by atomic mass is 10.2. The van der Waals surface area contributed by atoms with Crippen LogP contribution in [0.4, 0.5) is 0 Å². The number of nitrogens with zero attached hydrogens (tertiary/aromatic N) is 1. The molecule has 1 aromatic heterocycles. The molecule has 0 unspecified atom stereocenters. The van der Waals surface area contributed by atoms with Crippen LogP contribution in [0.15, 0.2) is 87.2 Å². The zero-order valence-corrected chi connectivity index (χ0v) is 17.4. The highest BCUT2D eigenvalue weighted by molar-refractivity contribution is 8.26. The Labute approximate surface area is 177 Å². The highest BCUT2D eigenvalue weighted by Crippen LogP contribution is 2.34. The Bertz CT molecular complexity index is 1010.